The average Bonchev–Trinajstić information content (AvgIpc) is 1.99. The van der Waals surface area contributed by atoms with Crippen molar-refractivity contribution >= 4 is 5.91 Å². The van der Waals surface area contributed by atoms with E-state index in [2.05, 4.69) is 26.1 Å². The molecule has 2 heteroatoms. The Balaban J connectivity index is 3.78. The van der Waals surface area contributed by atoms with Gasteiger partial charge in [-0.25, -0.2) is 0 Å². The third kappa shape index (κ3) is 4.02. The summed E-state index contributed by atoms with van der Waals surface area (Å²) < 4.78 is 0. The van der Waals surface area contributed by atoms with Crippen LogP contribution in [0.4, 0.5) is 0 Å². The van der Waals surface area contributed by atoms with Crippen LogP contribution in [0.3, 0.4) is 0 Å². The van der Waals surface area contributed by atoms with Crippen LogP contribution in [0.5, 0.6) is 0 Å². The first-order valence-electron chi connectivity index (χ1n) is 4.41. The molecule has 11 heavy (non-hydrogen) atoms. The molecule has 0 aromatic heterocycles. The lowest BCUT2D eigenvalue weighted by molar-refractivity contribution is -0.121. The molecule has 0 saturated carbocycles. The maximum atomic E-state index is 11.0. The Morgan fingerprint density at radius 1 is 1.36 bits per heavy atom. The zero-order valence-electron chi connectivity index (χ0n) is 7.98. The van der Waals surface area contributed by atoms with Crippen molar-refractivity contribution < 1.29 is 4.79 Å². The minimum absolute atomic E-state index is 0.158. The van der Waals surface area contributed by atoms with Crippen LogP contribution < -0.4 is 5.32 Å². The first-order chi connectivity index (χ1) is 5.11. The largest absolute Gasteiger partial charge is 0.353 e. The lowest BCUT2D eigenvalue weighted by atomic mass is 10.0. The number of hydrogen-bond acceptors (Lipinski definition) is 1. The monoisotopic (exact) mass is 157 g/mol. The van der Waals surface area contributed by atoms with Gasteiger partial charge in [0.05, 0.1) is 0 Å². The van der Waals surface area contributed by atoms with Crippen molar-refractivity contribution in [3.05, 3.63) is 0 Å². The molecule has 66 valence electrons. The van der Waals surface area contributed by atoms with Crippen LogP contribution in [-0.2, 0) is 4.79 Å². The highest BCUT2D eigenvalue weighted by Gasteiger charge is 2.11. The van der Waals surface area contributed by atoms with Gasteiger partial charge in [0.2, 0.25) is 5.91 Å². The number of carbonyl (C=O) groups excluding carboxylic acids is 1. The molecular weight excluding hydrogens is 138 g/mol. The van der Waals surface area contributed by atoms with Crippen molar-refractivity contribution in [2.45, 2.75) is 46.6 Å². The topological polar surface area (TPSA) is 29.1 Å². The summed E-state index contributed by atoms with van der Waals surface area (Å²) in [6.45, 7) is 8.23. The molecule has 0 aliphatic heterocycles. The van der Waals surface area contributed by atoms with E-state index in [-0.39, 0.29) is 5.91 Å². The summed E-state index contributed by atoms with van der Waals surface area (Å²) in [6, 6.07) is 0.349. The van der Waals surface area contributed by atoms with Crippen molar-refractivity contribution in [2.24, 2.45) is 5.92 Å². The third-order valence-electron chi connectivity index (χ3n) is 1.91. The van der Waals surface area contributed by atoms with E-state index in [1.54, 1.807) is 0 Å². The molecule has 0 radical (unpaired) electrons. The molecule has 0 aromatic rings. The van der Waals surface area contributed by atoms with Gasteiger partial charge in [0.15, 0.2) is 0 Å². The molecule has 2 nitrogen and oxygen atoms in total. The van der Waals surface area contributed by atoms with Crippen LogP contribution in [0.1, 0.15) is 40.5 Å². The Hall–Kier alpha value is -0.530. The van der Waals surface area contributed by atoms with Gasteiger partial charge in [-0.1, -0.05) is 27.7 Å². The minimum Gasteiger partial charge on any atom is -0.353 e. The van der Waals surface area contributed by atoms with Gasteiger partial charge in [-0.2, -0.15) is 0 Å². The average molecular weight is 157 g/mol. The highest BCUT2D eigenvalue weighted by molar-refractivity contribution is 5.75. The molecule has 1 unspecified atom stereocenters. The van der Waals surface area contributed by atoms with E-state index in [0.29, 0.717) is 18.4 Å². The second-order valence-electron chi connectivity index (χ2n) is 3.18. The molecule has 0 saturated heterocycles. The van der Waals surface area contributed by atoms with Crippen LogP contribution in [0.15, 0.2) is 0 Å². The van der Waals surface area contributed by atoms with Crippen LogP contribution in [0, 0.1) is 5.92 Å². The summed E-state index contributed by atoms with van der Waals surface area (Å²) in [5, 5.41) is 2.98. The quantitative estimate of drug-likeness (QED) is 0.664. The number of rotatable bonds is 4. The van der Waals surface area contributed by atoms with Crippen LogP contribution in [0.25, 0.3) is 0 Å². The SMILES string of the molecule is CCC(=O)NC(CC)C(C)C. The lowest BCUT2D eigenvalue weighted by Crippen LogP contribution is -2.37. The molecule has 0 spiro atoms. The van der Waals surface area contributed by atoms with E-state index < -0.39 is 0 Å². The lowest BCUT2D eigenvalue weighted by Gasteiger charge is -2.20. The predicted molar refractivity (Wildman–Crippen MR) is 47.4 cm³/mol. The molecule has 0 fully saturated rings. The molecule has 0 aliphatic rings. The van der Waals surface area contributed by atoms with Gasteiger partial charge in [-0.05, 0) is 12.3 Å². The van der Waals surface area contributed by atoms with Gasteiger partial charge in [-0.15, -0.1) is 0 Å². The highest BCUT2D eigenvalue weighted by atomic mass is 16.1. The molecule has 0 heterocycles. The van der Waals surface area contributed by atoms with Gasteiger partial charge in [0.1, 0.15) is 0 Å². The molecule has 0 aliphatic carbocycles. The zero-order valence-corrected chi connectivity index (χ0v) is 7.98. The summed E-state index contributed by atoms with van der Waals surface area (Å²) in [7, 11) is 0. The van der Waals surface area contributed by atoms with E-state index >= 15 is 0 Å². The molecule has 0 aromatic carbocycles. The first-order valence-corrected chi connectivity index (χ1v) is 4.41. The molecule has 0 rings (SSSR count). The van der Waals surface area contributed by atoms with E-state index in [9.17, 15) is 4.79 Å². The van der Waals surface area contributed by atoms with E-state index in [4.69, 9.17) is 0 Å². The first kappa shape index (κ1) is 10.5. The fourth-order valence-electron chi connectivity index (χ4n) is 1.05. The van der Waals surface area contributed by atoms with Gasteiger partial charge < -0.3 is 5.32 Å². The second kappa shape index (κ2) is 5.16. The number of nitrogens with one attached hydrogen (secondary N) is 1. The van der Waals surface area contributed by atoms with Crippen LogP contribution in [-0.4, -0.2) is 11.9 Å². The third-order valence-corrected chi connectivity index (χ3v) is 1.91. The van der Waals surface area contributed by atoms with E-state index in [1.165, 1.54) is 0 Å². The summed E-state index contributed by atoms with van der Waals surface area (Å²) in [4.78, 5) is 11.0. The highest BCUT2D eigenvalue weighted by Crippen LogP contribution is 2.04. The Labute approximate surface area is 69.4 Å². The van der Waals surface area contributed by atoms with Crippen molar-refractivity contribution in [3.8, 4) is 0 Å². The Kier molecular flexibility index (Phi) is 4.92. The summed E-state index contributed by atoms with van der Waals surface area (Å²) in [5.74, 6) is 0.695. The maximum Gasteiger partial charge on any atom is 0.219 e. The van der Waals surface area contributed by atoms with E-state index in [1.807, 2.05) is 6.92 Å². The van der Waals surface area contributed by atoms with Crippen molar-refractivity contribution in [2.75, 3.05) is 0 Å². The summed E-state index contributed by atoms with van der Waals surface area (Å²) in [5.41, 5.74) is 0. The Morgan fingerprint density at radius 2 is 1.91 bits per heavy atom. The van der Waals surface area contributed by atoms with Gasteiger partial charge >= 0.3 is 0 Å². The fourth-order valence-corrected chi connectivity index (χ4v) is 1.05. The number of carbonyl (C=O) groups is 1. The smallest absolute Gasteiger partial charge is 0.219 e. The fraction of sp³-hybridized carbons (Fsp3) is 0.889. The summed E-state index contributed by atoms with van der Waals surface area (Å²) >= 11 is 0. The number of amides is 1. The Bertz CT molecular complexity index is 121. The van der Waals surface area contributed by atoms with Gasteiger partial charge in [0, 0.05) is 12.5 Å². The maximum absolute atomic E-state index is 11.0. The normalized spacial score (nSPS) is 13.2. The predicted octanol–water partition coefficient (Wildman–Crippen LogP) is 1.95. The molecule has 0 bridgehead atoms. The molecular formula is C9H19NO. The van der Waals surface area contributed by atoms with Crippen molar-refractivity contribution in [3.63, 3.8) is 0 Å². The Morgan fingerprint density at radius 3 is 2.18 bits per heavy atom. The standard InChI is InChI=1S/C9H19NO/c1-5-8(7(3)4)10-9(11)6-2/h7-8H,5-6H2,1-4H3,(H,10,11). The zero-order chi connectivity index (χ0) is 8.85. The van der Waals surface area contributed by atoms with Crippen molar-refractivity contribution in [1.29, 1.82) is 0 Å². The second-order valence-corrected chi connectivity index (χ2v) is 3.18. The minimum atomic E-state index is 0.158. The molecule has 1 N–H and O–H groups in total. The summed E-state index contributed by atoms with van der Waals surface area (Å²) in [6.07, 6.45) is 1.60. The van der Waals surface area contributed by atoms with Gasteiger partial charge in [-0.3, -0.25) is 4.79 Å². The van der Waals surface area contributed by atoms with Crippen molar-refractivity contribution in [1.82, 2.24) is 5.32 Å². The molecule has 1 atom stereocenters. The molecule has 1 amide bonds. The van der Waals surface area contributed by atoms with Crippen LogP contribution in [0.2, 0.25) is 0 Å². The van der Waals surface area contributed by atoms with Gasteiger partial charge in [0.25, 0.3) is 0 Å². The van der Waals surface area contributed by atoms with E-state index in [0.717, 1.165) is 6.42 Å². The number of hydrogen-bond donors (Lipinski definition) is 1. The van der Waals surface area contributed by atoms with Crippen LogP contribution >= 0.6 is 0 Å².